The Morgan fingerprint density at radius 1 is 1.45 bits per heavy atom. The minimum atomic E-state index is 0. The molecule has 0 heterocycles. The molecule has 1 unspecified atom stereocenters. The summed E-state index contributed by atoms with van der Waals surface area (Å²) in [4.78, 5) is 2.19. The minimum absolute atomic E-state index is 0. The van der Waals surface area contributed by atoms with Crippen molar-refractivity contribution in [1.82, 2.24) is 4.90 Å². The Balaban J connectivity index is -0.0000000837. The third kappa shape index (κ3) is 19.6. The summed E-state index contributed by atoms with van der Waals surface area (Å²) in [7, 11) is 3.57. The number of hydrogen-bond acceptors (Lipinski definition) is 3. The van der Waals surface area contributed by atoms with Crippen molar-refractivity contribution >= 4 is 0 Å². The van der Waals surface area contributed by atoms with Crippen LogP contribution in [0.15, 0.2) is 24.3 Å². The molecule has 0 saturated carbocycles. The van der Waals surface area contributed by atoms with Gasteiger partial charge in [0.15, 0.2) is 0 Å². The third-order valence-corrected chi connectivity index (χ3v) is 2.46. The molecule has 1 aliphatic carbocycles. The molecule has 0 amide bonds. The fourth-order valence-electron chi connectivity index (χ4n) is 1.79. The fourth-order valence-corrected chi connectivity index (χ4v) is 1.79. The van der Waals surface area contributed by atoms with Crippen LogP contribution in [0.2, 0.25) is 0 Å². The van der Waals surface area contributed by atoms with E-state index in [2.05, 4.69) is 37.3 Å². The zero-order valence-corrected chi connectivity index (χ0v) is 12.9. The Morgan fingerprint density at radius 3 is 2.20 bits per heavy atom. The molecule has 0 bridgehead atoms. The van der Waals surface area contributed by atoms with Gasteiger partial charge in [0.25, 0.3) is 0 Å². The van der Waals surface area contributed by atoms with Crippen molar-refractivity contribution in [3.05, 3.63) is 24.3 Å². The van der Waals surface area contributed by atoms with E-state index >= 15 is 0 Å². The lowest BCUT2D eigenvalue weighted by molar-refractivity contribution is 0.210. The number of nitrogens with two attached hydrogens (primary N) is 1. The molecule has 126 valence electrons. The zero-order chi connectivity index (χ0) is 13.7. The molecule has 0 aromatic carbocycles. The van der Waals surface area contributed by atoms with E-state index in [0.717, 1.165) is 19.0 Å². The molecule has 1 atom stereocenters. The Morgan fingerprint density at radius 2 is 1.90 bits per heavy atom. The summed E-state index contributed by atoms with van der Waals surface area (Å²) in [6.07, 6.45) is 6.67. The summed E-state index contributed by atoms with van der Waals surface area (Å²) in [5.41, 5.74) is 6.03. The molecule has 0 saturated heterocycles. The van der Waals surface area contributed by atoms with Gasteiger partial charge in [-0.2, -0.15) is 0 Å². The molecule has 1 rings (SSSR count). The molecule has 0 fully saturated rings. The minimum Gasteiger partial charge on any atom is -0.412 e. The standard InChI is InChI=1S/C10H19NO.C3H6.CH5N.CH4.2H2O/c1-9-3-4-10(7-9)8-11(2)5-6-12;1-3-2;1-2;;;/h7,10,12H,3-6,8H2,1-2H3;3H,1H2,2H3;2H2,1H3;1H4;2*1H2. The van der Waals surface area contributed by atoms with E-state index in [0.29, 0.717) is 0 Å². The monoisotopic (exact) mass is 294 g/mol. The Bertz CT molecular complexity index is 209. The molecular formula is C15H38N2O3. The van der Waals surface area contributed by atoms with Crippen molar-refractivity contribution in [2.24, 2.45) is 11.7 Å². The van der Waals surface area contributed by atoms with Crippen LogP contribution in [-0.2, 0) is 0 Å². The fraction of sp³-hybridized carbons (Fsp3) is 0.733. The molecule has 0 aromatic rings. The summed E-state index contributed by atoms with van der Waals surface area (Å²) in [5.74, 6) is 0.724. The summed E-state index contributed by atoms with van der Waals surface area (Å²) in [6, 6.07) is 0. The first kappa shape index (κ1) is 31.6. The second kappa shape index (κ2) is 23.4. The molecule has 7 N–H and O–H groups in total. The van der Waals surface area contributed by atoms with E-state index in [-0.39, 0.29) is 25.0 Å². The predicted molar refractivity (Wildman–Crippen MR) is 91.0 cm³/mol. The van der Waals surface area contributed by atoms with Gasteiger partial charge in [0.05, 0.1) is 6.61 Å². The molecule has 0 aliphatic heterocycles. The van der Waals surface area contributed by atoms with E-state index in [1.165, 1.54) is 25.5 Å². The first-order valence-electron chi connectivity index (χ1n) is 6.25. The van der Waals surface area contributed by atoms with Crippen LogP contribution in [0.4, 0.5) is 0 Å². The second-order valence-corrected chi connectivity index (χ2v) is 4.21. The number of rotatable bonds is 4. The van der Waals surface area contributed by atoms with Gasteiger partial charge in [-0.1, -0.05) is 25.2 Å². The van der Waals surface area contributed by atoms with Crippen molar-refractivity contribution < 1.29 is 16.1 Å². The highest BCUT2D eigenvalue weighted by Crippen LogP contribution is 2.23. The van der Waals surface area contributed by atoms with Gasteiger partial charge in [0.1, 0.15) is 0 Å². The Kier molecular flexibility index (Phi) is 36.9. The van der Waals surface area contributed by atoms with E-state index in [1.807, 2.05) is 6.92 Å². The van der Waals surface area contributed by atoms with Crippen molar-refractivity contribution in [2.75, 3.05) is 33.8 Å². The lowest BCUT2D eigenvalue weighted by Crippen LogP contribution is -2.26. The van der Waals surface area contributed by atoms with Crippen LogP contribution in [0.1, 0.15) is 34.1 Å². The Hall–Kier alpha value is -0.720. The molecule has 0 aromatic heterocycles. The van der Waals surface area contributed by atoms with Crippen LogP contribution in [-0.4, -0.2) is 54.8 Å². The van der Waals surface area contributed by atoms with E-state index in [1.54, 1.807) is 6.08 Å². The molecule has 0 spiro atoms. The van der Waals surface area contributed by atoms with Crippen LogP contribution in [0, 0.1) is 5.92 Å². The quantitative estimate of drug-likeness (QED) is 0.755. The lowest BCUT2D eigenvalue weighted by Gasteiger charge is -2.18. The summed E-state index contributed by atoms with van der Waals surface area (Å²) in [6.45, 7) is 9.61. The van der Waals surface area contributed by atoms with E-state index in [9.17, 15) is 0 Å². The van der Waals surface area contributed by atoms with Crippen molar-refractivity contribution in [3.63, 3.8) is 0 Å². The van der Waals surface area contributed by atoms with Gasteiger partial charge in [-0.15, -0.1) is 6.58 Å². The second-order valence-electron chi connectivity index (χ2n) is 4.21. The highest BCUT2D eigenvalue weighted by molar-refractivity contribution is 5.08. The average molecular weight is 294 g/mol. The van der Waals surface area contributed by atoms with Crippen LogP contribution < -0.4 is 5.73 Å². The number of allylic oxidation sites excluding steroid dienone is 2. The van der Waals surface area contributed by atoms with E-state index < -0.39 is 0 Å². The molecular weight excluding hydrogens is 256 g/mol. The van der Waals surface area contributed by atoms with Gasteiger partial charge in [-0.05, 0) is 46.7 Å². The highest BCUT2D eigenvalue weighted by Gasteiger charge is 2.14. The van der Waals surface area contributed by atoms with Crippen molar-refractivity contribution in [1.29, 1.82) is 0 Å². The molecule has 20 heavy (non-hydrogen) atoms. The van der Waals surface area contributed by atoms with Gasteiger partial charge in [-0.25, -0.2) is 0 Å². The normalized spacial score (nSPS) is 14.9. The number of aliphatic hydroxyl groups excluding tert-OH is 1. The Labute approximate surface area is 125 Å². The van der Waals surface area contributed by atoms with Crippen molar-refractivity contribution in [3.8, 4) is 0 Å². The maximum absolute atomic E-state index is 8.71. The van der Waals surface area contributed by atoms with E-state index in [4.69, 9.17) is 5.11 Å². The predicted octanol–water partition coefficient (Wildman–Crippen LogP) is 1.02. The first-order valence-corrected chi connectivity index (χ1v) is 6.25. The molecule has 5 heteroatoms. The van der Waals surface area contributed by atoms with Gasteiger partial charge < -0.3 is 26.7 Å². The maximum Gasteiger partial charge on any atom is 0.0558 e. The first-order chi connectivity index (χ1) is 8.13. The largest absolute Gasteiger partial charge is 0.412 e. The van der Waals surface area contributed by atoms with Crippen LogP contribution in [0.5, 0.6) is 0 Å². The van der Waals surface area contributed by atoms with Crippen LogP contribution in [0.3, 0.4) is 0 Å². The summed E-state index contributed by atoms with van der Waals surface area (Å²) in [5, 5.41) is 8.71. The number of hydrogen-bond donors (Lipinski definition) is 2. The van der Waals surface area contributed by atoms with Gasteiger partial charge >= 0.3 is 0 Å². The SMILES string of the molecule is C.C=CC.CC1=CC(CN(C)CCO)CC1.CN.O.O. The van der Waals surface area contributed by atoms with Gasteiger partial charge in [-0.3, -0.25) is 0 Å². The highest BCUT2D eigenvalue weighted by atomic mass is 16.3. The number of likely N-dealkylation sites (N-methyl/N-ethyl adjacent to an activating group) is 1. The lowest BCUT2D eigenvalue weighted by atomic mass is 10.1. The zero-order valence-electron chi connectivity index (χ0n) is 12.9. The summed E-state index contributed by atoms with van der Waals surface area (Å²) >= 11 is 0. The number of nitrogens with zero attached hydrogens (tertiary/aromatic N) is 1. The number of aliphatic hydroxyl groups is 1. The smallest absolute Gasteiger partial charge is 0.0558 e. The van der Waals surface area contributed by atoms with Crippen molar-refractivity contribution in [2.45, 2.75) is 34.1 Å². The molecule has 1 aliphatic rings. The van der Waals surface area contributed by atoms with Gasteiger partial charge in [0.2, 0.25) is 0 Å². The molecule has 0 radical (unpaired) electrons. The molecule has 5 nitrogen and oxygen atoms in total. The third-order valence-electron chi connectivity index (χ3n) is 2.46. The van der Waals surface area contributed by atoms with Crippen LogP contribution in [0.25, 0.3) is 0 Å². The summed E-state index contributed by atoms with van der Waals surface area (Å²) < 4.78 is 0. The van der Waals surface area contributed by atoms with Gasteiger partial charge in [0, 0.05) is 13.1 Å². The average Bonchev–Trinajstić information content (AvgIpc) is 2.68. The topological polar surface area (TPSA) is 112 Å². The van der Waals surface area contributed by atoms with Crippen LogP contribution >= 0.6 is 0 Å². The maximum atomic E-state index is 8.71.